The third-order valence-corrected chi connectivity index (χ3v) is 5.22. The van der Waals surface area contributed by atoms with Crippen molar-refractivity contribution in [3.63, 3.8) is 0 Å². The maximum Gasteiger partial charge on any atom is 0.345 e. The van der Waals surface area contributed by atoms with Crippen molar-refractivity contribution in [3.05, 3.63) is 33.3 Å². The van der Waals surface area contributed by atoms with Crippen LogP contribution < -0.4 is 5.69 Å². The van der Waals surface area contributed by atoms with Gasteiger partial charge in [-0.3, -0.25) is 9.36 Å². The first-order chi connectivity index (χ1) is 12.3. The van der Waals surface area contributed by atoms with Gasteiger partial charge >= 0.3 is 5.69 Å². The predicted octanol–water partition coefficient (Wildman–Crippen LogP) is 1.72. The van der Waals surface area contributed by atoms with Crippen molar-refractivity contribution in [2.75, 3.05) is 13.1 Å². The van der Waals surface area contributed by atoms with Gasteiger partial charge in [0.1, 0.15) is 11.6 Å². The summed E-state index contributed by atoms with van der Waals surface area (Å²) in [7, 11) is 1.69. The maximum atomic E-state index is 12.6. The molecular weight excluding hydrogens is 334 g/mol. The van der Waals surface area contributed by atoms with Gasteiger partial charge in [-0.25, -0.2) is 9.48 Å². The van der Waals surface area contributed by atoms with E-state index in [9.17, 15) is 9.59 Å². The Hall–Kier alpha value is -2.38. The topological polar surface area (TPSA) is 86.2 Å². The number of aryl methyl sites for hydroxylation is 3. The number of hydrogen-bond donors (Lipinski definition) is 0. The van der Waals surface area contributed by atoms with Crippen LogP contribution in [-0.4, -0.2) is 43.4 Å². The van der Waals surface area contributed by atoms with Crippen LogP contribution in [0.2, 0.25) is 0 Å². The summed E-state index contributed by atoms with van der Waals surface area (Å²) >= 11 is 0. The lowest BCUT2D eigenvalue weighted by Crippen LogP contribution is -2.39. The summed E-state index contributed by atoms with van der Waals surface area (Å²) in [6.07, 6.45) is 1.96. The number of rotatable bonds is 4. The fourth-order valence-corrected chi connectivity index (χ4v) is 3.67. The van der Waals surface area contributed by atoms with E-state index in [0.717, 1.165) is 29.9 Å². The largest absolute Gasteiger partial charge is 0.361 e. The quantitative estimate of drug-likeness (QED) is 0.827. The van der Waals surface area contributed by atoms with Crippen molar-refractivity contribution >= 4 is 5.91 Å². The number of nitrogens with zero attached hydrogens (tertiary/aromatic N) is 5. The highest BCUT2D eigenvalue weighted by atomic mass is 16.5. The van der Waals surface area contributed by atoms with Crippen LogP contribution in [-0.2, 0) is 18.3 Å². The van der Waals surface area contributed by atoms with E-state index >= 15 is 0 Å². The summed E-state index contributed by atoms with van der Waals surface area (Å²) in [5.74, 6) is 1.85. The second kappa shape index (κ2) is 7.09. The lowest BCUT2D eigenvalue weighted by molar-refractivity contribution is -0.131. The molecule has 1 aliphatic rings. The first-order valence-electron chi connectivity index (χ1n) is 9.14. The molecule has 8 heteroatoms. The lowest BCUT2D eigenvalue weighted by Gasteiger charge is -2.32. The molecule has 3 heterocycles. The van der Waals surface area contributed by atoms with Gasteiger partial charge in [-0.1, -0.05) is 5.16 Å². The lowest BCUT2D eigenvalue weighted by atomic mass is 9.95. The van der Waals surface area contributed by atoms with Crippen molar-refractivity contribution in [2.24, 2.45) is 7.05 Å². The van der Waals surface area contributed by atoms with E-state index in [4.69, 9.17) is 4.52 Å². The zero-order chi connectivity index (χ0) is 19.0. The van der Waals surface area contributed by atoms with Gasteiger partial charge in [0.2, 0.25) is 5.91 Å². The predicted molar refractivity (Wildman–Crippen MR) is 96.1 cm³/mol. The van der Waals surface area contributed by atoms with E-state index in [0.29, 0.717) is 25.3 Å². The average molecular weight is 361 g/mol. The first-order valence-corrected chi connectivity index (χ1v) is 9.14. The molecule has 2 aromatic rings. The molecule has 1 aliphatic heterocycles. The number of carbonyl (C=O) groups excluding carboxylic acids is 1. The van der Waals surface area contributed by atoms with E-state index < -0.39 is 0 Å². The molecular formula is C18H27N5O3. The molecule has 3 rings (SSSR count). The Morgan fingerprint density at radius 3 is 2.46 bits per heavy atom. The van der Waals surface area contributed by atoms with Crippen LogP contribution in [0.4, 0.5) is 0 Å². The molecule has 0 bridgehead atoms. The summed E-state index contributed by atoms with van der Waals surface area (Å²) in [6, 6.07) is 0.0744. The molecule has 0 unspecified atom stereocenters. The van der Waals surface area contributed by atoms with Crippen LogP contribution >= 0.6 is 0 Å². The standard InChI is InChI=1S/C18H27N5O3/c1-11(2)23-17(19-21(5)18(23)25)14-6-8-22(9-7-14)16(24)10-15-12(3)20-26-13(15)4/h11,14H,6-10H2,1-5H3. The molecule has 0 atom stereocenters. The first kappa shape index (κ1) is 18.4. The monoisotopic (exact) mass is 361 g/mol. The van der Waals surface area contributed by atoms with Gasteiger partial charge in [0, 0.05) is 37.7 Å². The molecule has 0 aromatic carbocycles. The second-order valence-corrected chi connectivity index (χ2v) is 7.36. The van der Waals surface area contributed by atoms with Crippen LogP contribution in [0.3, 0.4) is 0 Å². The van der Waals surface area contributed by atoms with Gasteiger partial charge in [-0.05, 0) is 40.5 Å². The minimum Gasteiger partial charge on any atom is -0.361 e. The van der Waals surface area contributed by atoms with Crippen molar-refractivity contribution in [2.45, 2.75) is 58.9 Å². The fourth-order valence-electron chi connectivity index (χ4n) is 3.67. The highest BCUT2D eigenvalue weighted by Crippen LogP contribution is 2.28. The Morgan fingerprint density at radius 2 is 1.92 bits per heavy atom. The van der Waals surface area contributed by atoms with E-state index in [1.807, 2.05) is 32.6 Å². The minimum absolute atomic E-state index is 0.0744. The summed E-state index contributed by atoms with van der Waals surface area (Å²) in [5.41, 5.74) is 1.59. The zero-order valence-corrected chi connectivity index (χ0v) is 16.2. The normalized spacial score (nSPS) is 15.8. The molecule has 142 valence electrons. The van der Waals surface area contributed by atoms with Crippen LogP contribution in [0.25, 0.3) is 0 Å². The molecule has 0 aliphatic carbocycles. The highest BCUT2D eigenvalue weighted by molar-refractivity contribution is 5.79. The van der Waals surface area contributed by atoms with Gasteiger partial charge in [-0.15, -0.1) is 0 Å². The number of hydrogen-bond acceptors (Lipinski definition) is 5. The Morgan fingerprint density at radius 1 is 1.27 bits per heavy atom. The van der Waals surface area contributed by atoms with Crippen LogP contribution in [0, 0.1) is 13.8 Å². The number of amides is 1. The number of carbonyl (C=O) groups is 1. The van der Waals surface area contributed by atoms with Gasteiger partial charge in [-0.2, -0.15) is 5.10 Å². The van der Waals surface area contributed by atoms with Gasteiger partial charge < -0.3 is 9.42 Å². The van der Waals surface area contributed by atoms with Crippen molar-refractivity contribution in [1.82, 2.24) is 24.4 Å². The summed E-state index contributed by atoms with van der Waals surface area (Å²) in [6.45, 7) is 9.04. The third kappa shape index (κ3) is 3.32. The Balaban J connectivity index is 1.67. The number of aromatic nitrogens is 4. The third-order valence-electron chi connectivity index (χ3n) is 5.22. The SMILES string of the molecule is Cc1noc(C)c1CC(=O)N1CCC(c2nn(C)c(=O)n2C(C)C)CC1. The van der Waals surface area contributed by atoms with E-state index in [1.54, 1.807) is 11.6 Å². The van der Waals surface area contributed by atoms with Crippen LogP contribution in [0.5, 0.6) is 0 Å². The molecule has 1 saturated heterocycles. The molecule has 1 fully saturated rings. The van der Waals surface area contributed by atoms with E-state index in [-0.39, 0.29) is 23.6 Å². The average Bonchev–Trinajstić information content (AvgIpc) is 3.08. The maximum absolute atomic E-state index is 12.6. The molecule has 8 nitrogen and oxygen atoms in total. The smallest absolute Gasteiger partial charge is 0.345 e. The summed E-state index contributed by atoms with van der Waals surface area (Å²) < 4.78 is 8.32. The van der Waals surface area contributed by atoms with E-state index in [2.05, 4.69) is 10.3 Å². The van der Waals surface area contributed by atoms with Crippen molar-refractivity contribution in [1.29, 1.82) is 0 Å². The Bertz CT molecular complexity index is 833. The molecule has 1 amide bonds. The van der Waals surface area contributed by atoms with Gasteiger partial charge in [0.15, 0.2) is 0 Å². The van der Waals surface area contributed by atoms with E-state index in [1.165, 1.54) is 4.68 Å². The molecule has 0 radical (unpaired) electrons. The molecule has 2 aromatic heterocycles. The van der Waals surface area contributed by atoms with Gasteiger partial charge in [0.25, 0.3) is 0 Å². The Labute approximate surface area is 152 Å². The second-order valence-electron chi connectivity index (χ2n) is 7.36. The summed E-state index contributed by atoms with van der Waals surface area (Å²) in [4.78, 5) is 26.8. The van der Waals surface area contributed by atoms with Crippen molar-refractivity contribution < 1.29 is 9.32 Å². The zero-order valence-electron chi connectivity index (χ0n) is 16.2. The summed E-state index contributed by atoms with van der Waals surface area (Å²) in [5, 5.41) is 8.37. The van der Waals surface area contributed by atoms with Crippen LogP contribution in [0.15, 0.2) is 9.32 Å². The molecule has 0 saturated carbocycles. The molecule has 0 spiro atoms. The molecule has 0 N–H and O–H groups in total. The van der Waals surface area contributed by atoms with Gasteiger partial charge in [0.05, 0.1) is 12.1 Å². The molecule has 26 heavy (non-hydrogen) atoms. The fraction of sp³-hybridized carbons (Fsp3) is 0.667. The van der Waals surface area contributed by atoms with Crippen molar-refractivity contribution in [3.8, 4) is 0 Å². The number of piperidine rings is 1. The minimum atomic E-state index is -0.0769. The Kier molecular flexibility index (Phi) is 5.02. The highest BCUT2D eigenvalue weighted by Gasteiger charge is 2.29. The number of likely N-dealkylation sites (tertiary alicyclic amines) is 1. The van der Waals surface area contributed by atoms with Crippen LogP contribution in [0.1, 0.15) is 61.5 Å².